The Morgan fingerprint density at radius 2 is 1.78 bits per heavy atom. The Kier molecular flexibility index (Phi) is 5.88. The number of hydrogen-bond acceptors (Lipinski definition) is 4. The number of thioether (sulfide) groups is 1. The molecule has 3 nitrogen and oxygen atoms in total. The summed E-state index contributed by atoms with van der Waals surface area (Å²) in [7, 11) is -3.21. The molecule has 0 bridgehead atoms. The fourth-order valence-electron chi connectivity index (χ4n) is 1.48. The van der Waals surface area contributed by atoms with Crippen molar-refractivity contribution in [2.75, 3.05) is 17.3 Å². The Morgan fingerprint density at radius 3 is 2.28 bits per heavy atom. The molecule has 0 fully saturated rings. The molecule has 0 N–H and O–H groups in total. The maximum atomic E-state index is 12.0. The van der Waals surface area contributed by atoms with Gasteiger partial charge in [0.25, 0.3) is 0 Å². The van der Waals surface area contributed by atoms with Gasteiger partial charge in [0, 0.05) is 17.7 Å². The van der Waals surface area contributed by atoms with Crippen molar-refractivity contribution in [2.24, 2.45) is 0 Å². The molecular weight excluding hydrogens is 268 g/mol. The predicted molar refractivity (Wildman–Crippen MR) is 76.1 cm³/mol. The van der Waals surface area contributed by atoms with E-state index in [9.17, 15) is 13.2 Å². The van der Waals surface area contributed by atoms with Crippen LogP contribution >= 0.6 is 11.8 Å². The number of benzene rings is 1. The van der Waals surface area contributed by atoms with Gasteiger partial charge < -0.3 is 0 Å². The fourth-order valence-corrected chi connectivity index (χ4v) is 3.91. The van der Waals surface area contributed by atoms with Crippen LogP contribution in [0.15, 0.2) is 29.2 Å². The van der Waals surface area contributed by atoms with E-state index in [1.165, 1.54) is 12.1 Å². The molecule has 0 heterocycles. The Morgan fingerprint density at radius 1 is 1.17 bits per heavy atom. The molecule has 1 rings (SSSR count). The van der Waals surface area contributed by atoms with E-state index in [0.29, 0.717) is 22.6 Å². The summed E-state index contributed by atoms with van der Waals surface area (Å²) >= 11 is 1.61. The molecule has 0 aliphatic rings. The van der Waals surface area contributed by atoms with Crippen LogP contribution in [0.3, 0.4) is 0 Å². The van der Waals surface area contributed by atoms with E-state index in [4.69, 9.17) is 0 Å². The zero-order chi connectivity index (χ0) is 13.6. The van der Waals surface area contributed by atoms with E-state index in [0.717, 1.165) is 5.75 Å². The molecule has 100 valence electrons. The second-order valence-corrected chi connectivity index (χ2v) is 7.32. The first-order chi connectivity index (χ1) is 8.51. The van der Waals surface area contributed by atoms with E-state index in [2.05, 4.69) is 0 Å². The largest absolute Gasteiger partial charge is 0.294 e. The highest BCUT2D eigenvalue weighted by atomic mass is 32.2. The van der Waals surface area contributed by atoms with Gasteiger partial charge in [0.2, 0.25) is 0 Å². The summed E-state index contributed by atoms with van der Waals surface area (Å²) in [6.07, 6.45) is 0.430. The highest BCUT2D eigenvalue weighted by Crippen LogP contribution is 2.15. The summed E-state index contributed by atoms with van der Waals surface area (Å²) in [6, 6.07) is 6.22. The topological polar surface area (TPSA) is 51.2 Å². The van der Waals surface area contributed by atoms with E-state index in [-0.39, 0.29) is 11.5 Å². The number of carbonyl (C=O) groups excluding carboxylic acids is 1. The number of hydrogen-bond donors (Lipinski definition) is 0. The lowest BCUT2D eigenvalue weighted by Gasteiger charge is -2.05. The minimum absolute atomic E-state index is 0.0282. The predicted octanol–water partition coefficient (Wildman–Crippen LogP) is 2.81. The van der Waals surface area contributed by atoms with Crippen molar-refractivity contribution in [3.63, 3.8) is 0 Å². The summed E-state index contributed by atoms with van der Waals surface area (Å²) < 4.78 is 23.9. The Labute approximate surface area is 113 Å². The lowest BCUT2D eigenvalue weighted by Crippen LogP contribution is -2.09. The van der Waals surface area contributed by atoms with Crippen LogP contribution in [0.25, 0.3) is 0 Å². The lowest BCUT2D eigenvalue weighted by atomic mass is 10.1. The zero-order valence-electron chi connectivity index (χ0n) is 10.7. The van der Waals surface area contributed by atoms with Gasteiger partial charge in [-0.25, -0.2) is 8.42 Å². The monoisotopic (exact) mass is 286 g/mol. The van der Waals surface area contributed by atoms with Gasteiger partial charge in [-0.2, -0.15) is 11.8 Å². The second-order valence-electron chi connectivity index (χ2n) is 3.82. The van der Waals surface area contributed by atoms with E-state index in [1.807, 2.05) is 6.92 Å². The first-order valence-electron chi connectivity index (χ1n) is 5.95. The Balaban J connectivity index is 2.81. The molecule has 1 aromatic carbocycles. The maximum absolute atomic E-state index is 12.0. The average Bonchev–Trinajstić information content (AvgIpc) is 2.38. The van der Waals surface area contributed by atoms with Crippen molar-refractivity contribution in [2.45, 2.75) is 25.2 Å². The van der Waals surface area contributed by atoms with E-state index in [1.54, 1.807) is 30.8 Å². The third-order valence-electron chi connectivity index (χ3n) is 2.56. The lowest BCUT2D eigenvalue weighted by molar-refractivity contribution is 0.0988. The van der Waals surface area contributed by atoms with Crippen molar-refractivity contribution in [1.82, 2.24) is 0 Å². The standard InChI is InChI=1S/C13H18O3S2/c1-3-13(14)11-5-7-12(8-6-11)18(15,16)10-9-17-4-2/h5-8H,3-4,9-10H2,1-2H3. The zero-order valence-corrected chi connectivity index (χ0v) is 12.3. The van der Waals surface area contributed by atoms with Gasteiger partial charge >= 0.3 is 0 Å². The Bertz CT molecular complexity index is 489. The third kappa shape index (κ3) is 4.14. The van der Waals surface area contributed by atoms with Gasteiger partial charge in [0.15, 0.2) is 15.6 Å². The van der Waals surface area contributed by atoms with Gasteiger partial charge in [-0.3, -0.25) is 4.79 Å². The minimum atomic E-state index is -3.21. The molecule has 1 aromatic rings. The summed E-state index contributed by atoms with van der Waals surface area (Å²) in [5.41, 5.74) is 0.569. The molecule has 0 spiro atoms. The van der Waals surface area contributed by atoms with Crippen LogP contribution in [-0.4, -0.2) is 31.5 Å². The van der Waals surface area contributed by atoms with Crippen LogP contribution in [0.1, 0.15) is 30.6 Å². The molecule has 18 heavy (non-hydrogen) atoms. The number of ketones is 1. The van der Waals surface area contributed by atoms with Crippen molar-refractivity contribution in [3.8, 4) is 0 Å². The van der Waals surface area contributed by atoms with E-state index < -0.39 is 9.84 Å². The molecule has 0 saturated carbocycles. The minimum Gasteiger partial charge on any atom is -0.294 e. The van der Waals surface area contributed by atoms with Crippen LogP contribution in [-0.2, 0) is 9.84 Å². The van der Waals surface area contributed by atoms with Crippen molar-refractivity contribution in [1.29, 1.82) is 0 Å². The first-order valence-corrected chi connectivity index (χ1v) is 8.75. The van der Waals surface area contributed by atoms with Crippen LogP contribution in [0.5, 0.6) is 0 Å². The van der Waals surface area contributed by atoms with Crippen LogP contribution in [0, 0.1) is 0 Å². The van der Waals surface area contributed by atoms with E-state index >= 15 is 0 Å². The van der Waals surface area contributed by atoms with Crippen LogP contribution < -0.4 is 0 Å². The summed E-state index contributed by atoms with van der Waals surface area (Å²) in [6.45, 7) is 3.79. The molecular formula is C13H18O3S2. The molecule has 0 unspecified atom stereocenters. The number of Topliss-reactive ketones (excluding diaryl/α,β-unsaturated/α-hetero) is 1. The van der Waals surface area contributed by atoms with Gasteiger partial charge in [-0.05, 0) is 17.9 Å². The Hall–Kier alpha value is -0.810. The van der Waals surface area contributed by atoms with Crippen LogP contribution in [0.2, 0.25) is 0 Å². The summed E-state index contributed by atoms with van der Waals surface area (Å²) in [5.74, 6) is 1.70. The molecule has 0 radical (unpaired) electrons. The van der Waals surface area contributed by atoms with Crippen LogP contribution in [0.4, 0.5) is 0 Å². The summed E-state index contributed by atoms with van der Waals surface area (Å²) in [5, 5.41) is 0. The van der Waals surface area contributed by atoms with Crippen molar-refractivity contribution < 1.29 is 13.2 Å². The fraction of sp³-hybridized carbons (Fsp3) is 0.462. The van der Waals surface area contributed by atoms with Crippen molar-refractivity contribution in [3.05, 3.63) is 29.8 Å². The highest BCUT2D eigenvalue weighted by Gasteiger charge is 2.14. The SMILES string of the molecule is CCSCCS(=O)(=O)c1ccc(C(=O)CC)cc1. The van der Waals surface area contributed by atoms with Gasteiger partial charge in [0.1, 0.15) is 0 Å². The quantitative estimate of drug-likeness (QED) is 0.571. The molecule has 0 amide bonds. The smallest absolute Gasteiger partial charge is 0.179 e. The molecule has 0 atom stereocenters. The second kappa shape index (κ2) is 6.95. The van der Waals surface area contributed by atoms with Gasteiger partial charge in [-0.1, -0.05) is 26.0 Å². The molecule has 0 aliphatic heterocycles. The first kappa shape index (κ1) is 15.2. The summed E-state index contributed by atoms with van der Waals surface area (Å²) in [4.78, 5) is 11.7. The van der Waals surface area contributed by atoms with Gasteiger partial charge in [0.05, 0.1) is 10.6 Å². The average molecular weight is 286 g/mol. The maximum Gasteiger partial charge on any atom is 0.179 e. The van der Waals surface area contributed by atoms with Gasteiger partial charge in [-0.15, -0.1) is 0 Å². The number of sulfone groups is 1. The molecule has 0 aromatic heterocycles. The third-order valence-corrected chi connectivity index (χ3v) is 5.45. The van der Waals surface area contributed by atoms with Crippen molar-refractivity contribution >= 4 is 27.4 Å². The highest BCUT2D eigenvalue weighted by molar-refractivity contribution is 8.00. The molecule has 0 aliphatic carbocycles. The molecule has 0 saturated heterocycles. The molecule has 5 heteroatoms. The number of carbonyl (C=O) groups is 1. The normalized spacial score (nSPS) is 11.4. The number of rotatable bonds is 7.